The maximum Gasteiger partial charge on any atom is 0.191 e. The summed E-state index contributed by atoms with van der Waals surface area (Å²) in [5, 5.41) is 6.47. The Bertz CT molecular complexity index is 671. The Balaban J connectivity index is 1.76. The van der Waals surface area contributed by atoms with Gasteiger partial charge in [-0.25, -0.2) is 0 Å². The predicted octanol–water partition coefficient (Wildman–Crippen LogP) is 2.47. The number of nitrogens with zero attached hydrogens (tertiary/aromatic N) is 1. The van der Waals surface area contributed by atoms with Gasteiger partial charge in [-0.1, -0.05) is 48.0 Å². The summed E-state index contributed by atoms with van der Waals surface area (Å²) in [6, 6.07) is 17.9. The number of nitrogens with one attached hydrogen (secondary N) is 2. The van der Waals surface area contributed by atoms with Gasteiger partial charge in [-0.05, 0) is 24.6 Å². The maximum absolute atomic E-state index is 12.1. The molecule has 2 rings (SSSR count). The molecule has 0 aliphatic carbocycles. The summed E-state index contributed by atoms with van der Waals surface area (Å²) < 4.78 is 12.1. The highest BCUT2D eigenvalue weighted by molar-refractivity contribution is 7.85. The van der Waals surface area contributed by atoms with E-state index in [4.69, 9.17) is 0 Å². The average molecular weight is 329 g/mol. The molecule has 0 saturated carbocycles. The first-order valence-electron chi connectivity index (χ1n) is 7.62. The van der Waals surface area contributed by atoms with Gasteiger partial charge in [-0.15, -0.1) is 0 Å². The van der Waals surface area contributed by atoms with Gasteiger partial charge in [0.1, 0.15) is 0 Å². The summed E-state index contributed by atoms with van der Waals surface area (Å²) in [4.78, 5) is 5.05. The lowest BCUT2D eigenvalue weighted by atomic mass is 10.1. The van der Waals surface area contributed by atoms with E-state index in [0.29, 0.717) is 18.8 Å². The van der Waals surface area contributed by atoms with E-state index in [1.807, 2.05) is 36.4 Å². The highest BCUT2D eigenvalue weighted by Crippen LogP contribution is 2.05. The number of hydrogen-bond acceptors (Lipinski definition) is 2. The molecule has 2 aromatic carbocycles. The summed E-state index contributed by atoms with van der Waals surface area (Å²) in [7, 11) is 0.746. The maximum atomic E-state index is 12.1. The third-order valence-corrected chi connectivity index (χ3v) is 4.72. The molecule has 0 radical (unpaired) electrons. The summed E-state index contributed by atoms with van der Waals surface area (Å²) >= 11 is 0. The van der Waals surface area contributed by atoms with Crippen LogP contribution in [0.3, 0.4) is 0 Å². The highest BCUT2D eigenvalue weighted by atomic mass is 32.2. The van der Waals surface area contributed by atoms with Crippen LogP contribution in [0.1, 0.15) is 11.1 Å². The van der Waals surface area contributed by atoms with Crippen molar-refractivity contribution < 1.29 is 4.21 Å². The molecule has 1 unspecified atom stereocenters. The van der Waals surface area contributed by atoms with Crippen molar-refractivity contribution >= 4 is 16.8 Å². The number of rotatable bonds is 6. The minimum Gasteiger partial charge on any atom is -0.355 e. The molecule has 4 nitrogen and oxygen atoms in total. The lowest BCUT2D eigenvalue weighted by Gasteiger charge is -2.12. The van der Waals surface area contributed by atoms with Crippen molar-refractivity contribution in [2.75, 3.05) is 19.3 Å². The molecule has 2 N–H and O–H groups in total. The van der Waals surface area contributed by atoms with Gasteiger partial charge in [0.15, 0.2) is 5.96 Å². The quantitative estimate of drug-likeness (QED) is 0.632. The first-order valence-corrected chi connectivity index (χ1v) is 8.94. The first kappa shape index (κ1) is 17.2. The zero-order valence-electron chi connectivity index (χ0n) is 13.6. The number of benzene rings is 2. The largest absolute Gasteiger partial charge is 0.355 e. The van der Waals surface area contributed by atoms with Crippen LogP contribution >= 0.6 is 0 Å². The second-order valence-electron chi connectivity index (χ2n) is 5.20. The molecule has 1 atom stereocenters. The van der Waals surface area contributed by atoms with Crippen molar-refractivity contribution in [3.8, 4) is 0 Å². The molecule has 0 aromatic heterocycles. The van der Waals surface area contributed by atoms with Gasteiger partial charge in [0.05, 0.1) is 10.8 Å². The second kappa shape index (κ2) is 9.10. The fraction of sp³-hybridized carbons (Fsp3) is 0.278. The van der Waals surface area contributed by atoms with Crippen LogP contribution in [0.4, 0.5) is 0 Å². The standard InChI is InChI=1S/C18H23N3OS/c1-15-7-6-8-16(13-15)14-21-18(19-2)20-11-12-23(22)17-9-4-3-5-10-17/h3-10,13H,11-12,14H2,1-2H3,(H2,19,20,21). The number of aryl methyl sites for hydroxylation is 1. The minimum absolute atomic E-state index is 0.551. The van der Waals surface area contributed by atoms with Crippen LogP contribution in [0.25, 0.3) is 0 Å². The van der Waals surface area contributed by atoms with Gasteiger partial charge in [-0.2, -0.15) is 0 Å². The van der Waals surface area contributed by atoms with E-state index in [1.165, 1.54) is 11.1 Å². The monoisotopic (exact) mass is 329 g/mol. The molecule has 122 valence electrons. The van der Waals surface area contributed by atoms with E-state index in [2.05, 4.69) is 40.7 Å². The molecule has 0 bridgehead atoms. The fourth-order valence-corrected chi connectivity index (χ4v) is 3.16. The first-order chi connectivity index (χ1) is 11.2. The molecular weight excluding hydrogens is 306 g/mol. The van der Waals surface area contributed by atoms with E-state index in [0.717, 1.165) is 10.9 Å². The Morgan fingerprint density at radius 3 is 2.57 bits per heavy atom. The van der Waals surface area contributed by atoms with Crippen LogP contribution in [0, 0.1) is 6.92 Å². The summed E-state index contributed by atoms with van der Waals surface area (Å²) in [5.41, 5.74) is 2.45. The molecule has 23 heavy (non-hydrogen) atoms. The van der Waals surface area contributed by atoms with Crippen molar-refractivity contribution in [1.82, 2.24) is 10.6 Å². The second-order valence-corrected chi connectivity index (χ2v) is 6.77. The summed E-state index contributed by atoms with van der Waals surface area (Å²) in [5.74, 6) is 1.27. The van der Waals surface area contributed by atoms with Crippen molar-refractivity contribution in [2.45, 2.75) is 18.4 Å². The Morgan fingerprint density at radius 1 is 1.09 bits per heavy atom. The molecule has 2 aromatic rings. The Labute approximate surface area is 140 Å². The zero-order chi connectivity index (χ0) is 16.5. The normalized spacial score (nSPS) is 12.7. The van der Waals surface area contributed by atoms with E-state index >= 15 is 0 Å². The minimum atomic E-state index is -0.990. The lowest BCUT2D eigenvalue weighted by molar-refractivity contribution is 0.681. The van der Waals surface area contributed by atoms with E-state index < -0.39 is 10.8 Å². The van der Waals surface area contributed by atoms with Crippen LogP contribution in [-0.4, -0.2) is 29.5 Å². The molecule has 0 heterocycles. The van der Waals surface area contributed by atoms with Crippen molar-refractivity contribution in [3.63, 3.8) is 0 Å². The molecule has 0 fully saturated rings. The topological polar surface area (TPSA) is 53.5 Å². The zero-order valence-corrected chi connectivity index (χ0v) is 14.4. The van der Waals surface area contributed by atoms with Gasteiger partial charge in [0.2, 0.25) is 0 Å². The SMILES string of the molecule is CN=C(NCCS(=O)c1ccccc1)NCc1cccc(C)c1. The van der Waals surface area contributed by atoms with Gasteiger partial charge < -0.3 is 10.6 Å². The van der Waals surface area contributed by atoms with E-state index in [1.54, 1.807) is 7.05 Å². The summed E-state index contributed by atoms with van der Waals surface area (Å²) in [6.07, 6.45) is 0. The average Bonchev–Trinajstić information content (AvgIpc) is 2.58. The van der Waals surface area contributed by atoms with Gasteiger partial charge >= 0.3 is 0 Å². The molecule has 0 amide bonds. The van der Waals surface area contributed by atoms with Crippen molar-refractivity contribution in [3.05, 3.63) is 65.7 Å². The van der Waals surface area contributed by atoms with E-state index in [9.17, 15) is 4.21 Å². The molecule has 0 spiro atoms. The van der Waals surface area contributed by atoms with Crippen molar-refractivity contribution in [2.24, 2.45) is 4.99 Å². The molecule has 0 saturated heterocycles. The lowest BCUT2D eigenvalue weighted by Crippen LogP contribution is -2.38. The molecule has 0 aliphatic heterocycles. The predicted molar refractivity (Wildman–Crippen MR) is 97.1 cm³/mol. The smallest absolute Gasteiger partial charge is 0.191 e. The number of aliphatic imine (C=N–C) groups is 1. The van der Waals surface area contributed by atoms with Crippen LogP contribution in [0.2, 0.25) is 0 Å². The van der Waals surface area contributed by atoms with E-state index in [-0.39, 0.29) is 0 Å². The van der Waals surface area contributed by atoms with Crippen LogP contribution in [-0.2, 0) is 17.3 Å². The van der Waals surface area contributed by atoms with Crippen molar-refractivity contribution in [1.29, 1.82) is 0 Å². The third kappa shape index (κ3) is 5.87. The van der Waals surface area contributed by atoms with Gasteiger partial charge in [0, 0.05) is 30.8 Å². The molecule has 5 heteroatoms. The van der Waals surface area contributed by atoms with Crippen LogP contribution in [0.5, 0.6) is 0 Å². The number of guanidine groups is 1. The highest BCUT2D eigenvalue weighted by Gasteiger charge is 2.04. The van der Waals surface area contributed by atoms with Gasteiger partial charge in [-0.3, -0.25) is 9.20 Å². The molecular formula is C18H23N3OS. The Hall–Kier alpha value is -2.14. The van der Waals surface area contributed by atoms with Gasteiger partial charge in [0.25, 0.3) is 0 Å². The van der Waals surface area contributed by atoms with Crippen LogP contribution in [0.15, 0.2) is 64.5 Å². The summed E-state index contributed by atoms with van der Waals surface area (Å²) in [6.45, 7) is 3.40. The Kier molecular flexibility index (Phi) is 6.81. The number of hydrogen-bond donors (Lipinski definition) is 2. The van der Waals surface area contributed by atoms with Crippen LogP contribution < -0.4 is 10.6 Å². The fourth-order valence-electron chi connectivity index (χ4n) is 2.18. The Morgan fingerprint density at radius 2 is 1.87 bits per heavy atom. The third-order valence-electron chi connectivity index (χ3n) is 3.35. The molecule has 0 aliphatic rings.